The van der Waals surface area contributed by atoms with Crippen molar-refractivity contribution in [1.29, 1.82) is 0 Å². The third-order valence-corrected chi connectivity index (χ3v) is 3.79. The number of benzene rings is 1. The number of pyridine rings is 1. The predicted molar refractivity (Wildman–Crippen MR) is 91.6 cm³/mol. The van der Waals surface area contributed by atoms with Crippen LogP contribution in [0.3, 0.4) is 0 Å². The average molecular weight is 322 g/mol. The second-order valence-corrected chi connectivity index (χ2v) is 5.91. The van der Waals surface area contributed by atoms with Gasteiger partial charge >= 0.3 is 5.97 Å². The first-order chi connectivity index (χ1) is 11.5. The molecule has 0 aliphatic heterocycles. The highest BCUT2D eigenvalue weighted by Gasteiger charge is 2.15. The summed E-state index contributed by atoms with van der Waals surface area (Å²) in [4.78, 5) is 15.7. The molecule has 1 aromatic carbocycles. The van der Waals surface area contributed by atoms with Crippen LogP contribution in [0.5, 0.6) is 0 Å². The third-order valence-electron chi connectivity index (χ3n) is 3.79. The fourth-order valence-corrected chi connectivity index (χ4v) is 2.44. The van der Waals surface area contributed by atoms with E-state index < -0.39 is 5.97 Å². The first-order valence-electron chi connectivity index (χ1n) is 7.70. The summed E-state index contributed by atoms with van der Waals surface area (Å²) in [7, 11) is 0. The number of aromatic nitrogens is 2. The third kappa shape index (κ3) is 2.90. The zero-order chi connectivity index (χ0) is 17.3. The van der Waals surface area contributed by atoms with Gasteiger partial charge in [-0.2, -0.15) is 0 Å². The Morgan fingerprint density at radius 2 is 2.00 bits per heavy atom. The minimum absolute atomic E-state index is 0.191. The number of imidazole rings is 1. The molecule has 0 unspecified atom stereocenters. The lowest BCUT2D eigenvalue weighted by Gasteiger charge is -2.03. The summed E-state index contributed by atoms with van der Waals surface area (Å²) in [5.41, 5.74) is 3.26. The molecule has 6 heteroatoms. The second kappa shape index (κ2) is 6.23. The Labute approximate surface area is 139 Å². The van der Waals surface area contributed by atoms with E-state index in [-0.39, 0.29) is 11.5 Å². The number of carboxylic acids is 1. The van der Waals surface area contributed by atoms with Gasteiger partial charge in [-0.3, -0.25) is 4.40 Å². The van der Waals surface area contributed by atoms with Crippen LogP contribution in [0, 0.1) is 6.92 Å². The number of hydrogen-bond acceptors (Lipinski definition) is 4. The van der Waals surface area contributed by atoms with Gasteiger partial charge in [-0.1, -0.05) is 26.0 Å². The zero-order valence-corrected chi connectivity index (χ0v) is 13.8. The van der Waals surface area contributed by atoms with E-state index in [0.29, 0.717) is 11.5 Å². The second-order valence-electron chi connectivity index (χ2n) is 5.91. The summed E-state index contributed by atoms with van der Waals surface area (Å²) >= 11 is 0. The summed E-state index contributed by atoms with van der Waals surface area (Å²) < 4.78 is 1.88. The van der Waals surface area contributed by atoms with E-state index in [2.05, 4.69) is 29.1 Å². The largest absolute Gasteiger partial charge is 0.478 e. The van der Waals surface area contributed by atoms with Crippen molar-refractivity contribution in [3.63, 3.8) is 0 Å². The highest BCUT2D eigenvalue weighted by Crippen LogP contribution is 2.30. The number of carboxylic acid groups (broad SMARTS) is 1. The highest BCUT2D eigenvalue weighted by molar-refractivity contribution is 5.88. The Bertz CT molecular complexity index is 941. The number of aromatic carboxylic acids is 1. The van der Waals surface area contributed by atoms with Gasteiger partial charge in [0.1, 0.15) is 5.65 Å². The topological polar surface area (TPSA) is 79.3 Å². The number of carbonyl (C=O) groups is 1. The van der Waals surface area contributed by atoms with Crippen molar-refractivity contribution in [3.05, 3.63) is 59.4 Å². The quantitative estimate of drug-likeness (QED) is 0.695. The first kappa shape index (κ1) is 15.9. The molecular formula is C18H18N4O2. The zero-order valence-electron chi connectivity index (χ0n) is 13.8. The molecule has 2 heterocycles. The van der Waals surface area contributed by atoms with E-state index in [0.717, 1.165) is 16.9 Å². The number of nitrogens with zero attached hydrogens (tertiary/aromatic N) is 4. The number of aryl methyl sites for hydroxylation is 1. The summed E-state index contributed by atoms with van der Waals surface area (Å²) in [6.45, 7) is 5.98. The molecule has 0 aliphatic rings. The Kier molecular flexibility index (Phi) is 4.12. The molecule has 0 fully saturated rings. The van der Waals surface area contributed by atoms with Crippen molar-refractivity contribution in [2.75, 3.05) is 0 Å². The van der Waals surface area contributed by atoms with Crippen molar-refractivity contribution in [3.8, 4) is 0 Å². The number of fused-ring (bicyclic) bond motifs is 1. The predicted octanol–water partition coefficient (Wildman–Crippen LogP) is 4.88. The monoisotopic (exact) mass is 322 g/mol. The van der Waals surface area contributed by atoms with Gasteiger partial charge in [0, 0.05) is 6.20 Å². The Morgan fingerprint density at radius 1 is 1.21 bits per heavy atom. The molecule has 0 saturated carbocycles. The molecule has 1 N–H and O–H groups in total. The fourth-order valence-electron chi connectivity index (χ4n) is 2.44. The summed E-state index contributed by atoms with van der Waals surface area (Å²) in [5.74, 6) is -0.116. The van der Waals surface area contributed by atoms with Gasteiger partial charge in [-0.15, -0.1) is 10.2 Å². The number of azo groups is 1. The molecule has 2 aromatic heterocycles. The minimum atomic E-state index is -0.982. The summed E-state index contributed by atoms with van der Waals surface area (Å²) in [5, 5.41) is 17.8. The highest BCUT2D eigenvalue weighted by atomic mass is 16.4. The molecule has 3 aromatic rings. The maximum absolute atomic E-state index is 11.1. The van der Waals surface area contributed by atoms with Crippen molar-refractivity contribution in [2.24, 2.45) is 10.2 Å². The van der Waals surface area contributed by atoms with E-state index in [1.54, 1.807) is 12.1 Å². The lowest BCUT2D eigenvalue weighted by Crippen LogP contribution is -1.95. The van der Waals surface area contributed by atoms with E-state index in [9.17, 15) is 4.79 Å². The van der Waals surface area contributed by atoms with Crippen molar-refractivity contribution >= 4 is 23.1 Å². The van der Waals surface area contributed by atoms with Gasteiger partial charge in [-0.25, -0.2) is 9.78 Å². The van der Waals surface area contributed by atoms with Crippen LogP contribution in [0.1, 0.15) is 41.4 Å². The molecule has 0 aliphatic carbocycles. The van der Waals surface area contributed by atoms with E-state index in [4.69, 9.17) is 5.11 Å². The minimum Gasteiger partial charge on any atom is -0.478 e. The molecule has 6 nitrogen and oxygen atoms in total. The fraction of sp³-hybridized carbons (Fsp3) is 0.222. The van der Waals surface area contributed by atoms with Crippen LogP contribution < -0.4 is 0 Å². The molecule has 0 saturated heterocycles. The Hall–Kier alpha value is -3.02. The van der Waals surface area contributed by atoms with Crippen molar-refractivity contribution < 1.29 is 9.90 Å². The standard InChI is InChI=1S/C18H18N4O2/c1-11(2)16-17(22-9-5-4-6-15(22)19-16)21-20-14-10-13(18(23)24)8-7-12(14)3/h4-11H,1-3H3,(H,23,24). The molecule has 0 bridgehead atoms. The van der Waals surface area contributed by atoms with Crippen LogP contribution in [0.2, 0.25) is 0 Å². The van der Waals surface area contributed by atoms with Gasteiger partial charge in [0.15, 0.2) is 5.82 Å². The Morgan fingerprint density at radius 3 is 2.71 bits per heavy atom. The number of rotatable bonds is 4. The lowest BCUT2D eigenvalue weighted by molar-refractivity contribution is 0.0697. The maximum atomic E-state index is 11.1. The van der Waals surface area contributed by atoms with Crippen LogP contribution in [0.15, 0.2) is 52.8 Å². The van der Waals surface area contributed by atoms with Gasteiger partial charge in [0.05, 0.1) is 16.9 Å². The number of hydrogen-bond donors (Lipinski definition) is 1. The first-order valence-corrected chi connectivity index (χ1v) is 7.70. The summed E-state index contributed by atoms with van der Waals surface area (Å²) in [6.07, 6.45) is 1.89. The molecule has 24 heavy (non-hydrogen) atoms. The molecule has 3 rings (SSSR count). The van der Waals surface area contributed by atoms with E-state index in [1.807, 2.05) is 35.7 Å². The SMILES string of the molecule is Cc1ccc(C(=O)O)cc1N=Nc1c(C(C)C)nc2ccccn12. The Balaban J connectivity index is 2.10. The van der Waals surface area contributed by atoms with E-state index >= 15 is 0 Å². The van der Waals surface area contributed by atoms with Gasteiger partial charge in [-0.05, 0) is 42.7 Å². The molecule has 0 amide bonds. The molecule has 0 radical (unpaired) electrons. The average Bonchev–Trinajstić information content (AvgIpc) is 2.93. The van der Waals surface area contributed by atoms with Gasteiger partial charge in [0.25, 0.3) is 0 Å². The van der Waals surface area contributed by atoms with Crippen LogP contribution in [0.25, 0.3) is 5.65 Å². The van der Waals surface area contributed by atoms with Crippen LogP contribution >= 0.6 is 0 Å². The normalized spacial score (nSPS) is 11.7. The van der Waals surface area contributed by atoms with Crippen molar-refractivity contribution in [2.45, 2.75) is 26.7 Å². The summed E-state index contributed by atoms with van der Waals surface area (Å²) in [6, 6.07) is 10.6. The molecule has 122 valence electrons. The maximum Gasteiger partial charge on any atom is 0.335 e. The van der Waals surface area contributed by atoms with Crippen molar-refractivity contribution in [1.82, 2.24) is 9.38 Å². The van der Waals surface area contributed by atoms with Crippen LogP contribution in [-0.4, -0.2) is 20.5 Å². The smallest absolute Gasteiger partial charge is 0.335 e. The molecule has 0 atom stereocenters. The van der Waals surface area contributed by atoms with Crippen LogP contribution in [0.4, 0.5) is 11.5 Å². The van der Waals surface area contributed by atoms with Crippen LogP contribution in [-0.2, 0) is 0 Å². The van der Waals surface area contributed by atoms with E-state index in [1.165, 1.54) is 6.07 Å². The molecular weight excluding hydrogens is 304 g/mol. The van der Waals surface area contributed by atoms with Gasteiger partial charge in [0.2, 0.25) is 0 Å². The lowest BCUT2D eigenvalue weighted by atomic mass is 10.1. The molecule has 0 spiro atoms. The van der Waals surface area contributed by atoms with Gasteiger partial charge < -0.3 is 5.11 Å².